The Morgan fingerprint density at radius 1 is 1.15 bits per heavy atom. The second kappa shape index (κ2) is 4.94. The molecule has 0 aliphatic heterocycles. The van der Waals surface area contributed by atoms with Crippen molar-refractivity contribution in [2.75, 3.05) is 5.73 Å². The number of rotatable bonds is 2. The van der Waals surface area contributed by atoms with Gasteiger partial charge in [0, 0.05) is 11.3 Å². The molecule has 2 N–H and O–H groups in total. The minimum atomic E-state index is 0.380. The van der Waals surface area contributed by atoms with Gasteiger partial charge in [0.15, 0.2) is 0 Å². The number of pyridine rings is 1. The third kappa shape index (κ3) is 2.35. The summed E-state index contributed by atoms with van der Waals surface area (Å²) in [5.41, 5.74) is 8.46. The zero-order valence-corrected chi connectivity index (χ0v) is 11.4. The number of anilines is 1. The molecule has 0 atom stereocenters. The number of halogens is 1. The third-order valence-electron chi connectivity index (χ3n) is 2.79. The summed E-state index contributed by atoms with van der Waals surface area (Å²) >= 11 is 5.98. The van der Waals surface area contributed by atoms with E-state index in [4.69, 9.17) is 21.9 Å². The molecule has 2 heterocycles. The first-order chi connectivity index (χ1) is 9.63. The molecular formula is C14H11ClN4O. The maximum Gasteiger partial charge on any atom is 0.258 e. The number of aromatic nitrogens is 3. The molecule has 0 aliphatic carbocycles. The molecule has 0 fully saturated rings. The van der Waals surface area contributed by atoms with E-state index in [2.05, 4.69) is 15.1 Å². The van der Waals surface area contributed by atoms with E-state index >= 15 is 0 Å². The maximum absolute atomic E-state index is 5.98. The molecule has 0 radical (unpaired) electrons. The van der Waals surface area contributed by atoms with Gasteiger partial charge >= 0.3 is 0 Å². The zero-order valence-electron chi connectivity index (χ0n) is 10.7. The van der Waals surface area contributed by atoms with Gasteiger partial charge in [-0.25, -0.2) is 4.98 Å². The molecule has 20 heavy (non-hydrogen) atoms. The largest absolute Gasteiger partial charge is 0.398 e. The molecule has 3 rings (SSSR count). The molecule has 0 unspecified atom stereocenters. The Kier molecular flexibility index (Phi) is 3.12. The lowest BCUT2D eigenvalue weighted by Crippen LogP contribution is -1.88. The normalized spacial score (nSPS) is 10.7. The highest BCUT2D eigenvalue weighted by Gasteiger charge is 2.12. The van der Waals surface area contributed by atoms with Crippen molar-refractivity contribution in [1.82, 2.24) is 15.1 Å². The van der Waals surface area contributed by atoms with E-state index in [-0.39, 0.29) is 0 Å². The summed E-state index contributed by atoms with van der Waals surface area (Å²) in [5, 5.41) is 4.39. The summed E-state index contributed by atoms with van der Waals surface area (Å²) in [6.07, 6.45) is 0. The van der Waals surface area contributed by atoms with Crippen molar-refractivity contribution in [3.8, 4) is 23.0 Å². The lowest BCUT2D eigenvalue weighted by Gasteiger charge is -1.98. The molecule has 0 aliphatic rings. The molecule has 0 saturated heterocycles. The van der Waals surface area contributed by atoms with Crippen LogP contribution in [0.1, 0.15) is 5.69 Å². The second-order valence-electron chi connectivity index (χ2n) is 4.32. The Morgan fingerprint density at radius 3 is 2.75 bits per heavy atom. The van der Waals surface area contributed by atoms with Crippen LogP contribution in [0, 0.1) is 6.92 Å². The second-order valence-corrected chi connectivity index (χ2v) is 4.73. The average molecular weight is 287 g/mol. The molecule has 0 spiro atoms. The summed E-state index contributed by atoms with van der Waals surface area (Å²) in [7, 11) is 0. The molecule has 0 saturated carbocycles. The van der Waals surface area contributed by atoms with Gasteiger partial charge in [-0.05, 0) is 37.3 Å². The first-order valence-electron chi connectivity index (χ1n) is 5.96. The Morgan fingerprint density at radius 2 is 2.00 bits per heavy atom. The van der Waals surface area contributed by atoms with E-state index in [1.54, 1.807) is 18.2 Å². The van der Waals surface area contributed by atoms with Crippen LogP contribution < -0.4 is 5.73 Å². The highest BCUT2D eigenvalue weighted by atomic mass is 35.5. The van der Waals surface area contributed by atoms with Crippen molar-refractivity contribution in [2.45, 2.75) is 6.92 Å². The molecule has 3 aromatic rings. The van der Waals surface area contributed by atoms with Crippen LogP contribution in [0.5, 0.6) is 0 Å². The van der Waals surface area contributed by atoms with Crippen LogP contribution in [0.3, 0.4) is 0 Å². The number of nitrogens with zero attached hydrogens (tertiary/aromatic N) is 3. The fourth-order valence-corrected chi connectivity index (χ4v) is 1.95. The van der Waals surface area contributed by atoms with Crippen molar-refractivity contribution in [2.24, 2.45) is 0 Å². The first-order valence-corrected chi connectivity index (χ1v) is 6.34. The summed E-state index contributed by atoms with van der Waals surface area (Å²) in [6, 6.07) is 10.8. The number of aryl methyl sites for hydroxylation is 1. The van der Waals surface area contributed by atoms with Gasteiger partial charge in [-0.2, -0.15) is 4.98 Å². The fraction of sp³-hybridized carbons (Fsp3) is 0.0714. The van der Waals surface area contributed by atoms with Crippen LogP contribution in [0.4, 0.5) is 5.69 Å². The molecule has 6 heteroatoms. The van der Waals surface area contributed by atoms with Gasteiger partial charge in [0.25, 0.3) is 5.89 Å². The van der Waals surface area contributed by atoms with Crippen molar-refractivity contribution < 1.29 is 4.52 Å². The third-order valence-corrected chi connectivity index (χ3v) is 3.12. The van der Waals surface area contributed by atoms with Gasteiger partial charge < -0.3 is 10.3 Å². The quantitative estimate of drug-likeness (QED) is 0.731. The van der Waals surface area contributed by atoms with E-state index in [1.165, 1.54) is 0 Å². The predicted molar refractivity (Wildman–Crippen MR) is 77.1 cm³/mol. The predicted octanol–water partition coefficient (Wildman–Crippen LogP) is 3.34. The SMILES string of the molecule is Cc1cccc(-c2noc(-c3ccc(N)c(Cl)c3)n2)n1. The molecule has 0 amide bonds. The molecule has 1 aromatic carbocycles. The van der Waals surface area contributed by atoms with Crippen molar-refractivity contribution in [3.63, 3.8) is 0 Å². The zero-order chi connectivity index (χ0) is 14.1. The van der Waals surface area contributed by atoms with Gasteiger partial charge in [0.05, 0.1) is 10.7 Å². The van der Waals surface area contributed by atoms with Crippen LogP contribution in [0.25, 0.3) is 23.0 Å². The first kappa shape index (κ1) is 12.6. The van der Waals surface area contributed by atoms with Gasteiger partial charge in [-0.3, -0.25) is 0 Å². The number of nitrogen functional groups attached to an aromatic ring is 1. The average Bonchev–Trinajstić information content (AvgIpc) is 2.92. The minimum Gasteiger partial charge on any atom is -0.398 e. The van der Waals surface area contributed by atoms with Crippen LogP contribution in [0.2, 0.25) is 5.02 Å². The van der Waals surface area contributed by atoms with Crippen LogP contribution in [-0.4, -0.2) is 15.1 Å². The molecule has 0 bridgehead atoms. The van der Waals surface area contributed by atoms with Crippen molar-refractivity contribution in [1.29, 1.82) is 0 Å². The number of hydrogen-bond acceptors (Lipinski definition) is 5. The Hall–Kier alpha value is -2.40. The number of hydrogen-bond donors (Lipinski definition) is 1. The number of nitrogens with two attached hydrogens (primary N) is 1. The van der Waals surface area contributed by atoms with E-state index < -0.39 is 0 Å². The molecule has 2 aromatic heterocycles. The van der Waals surface area contributed by atoms with Crippen molar-refractivity contribution in [3.05, 3.63) is 47.1 Å². The standard InChI is InChI=1S/C14H11ClN4O/c1-8-3-2-4-12(17-8)13-18-14(20-19-13)9-5-6-11(16)10(15)7-9/h2-7H,16H2,1H3. The van der Waals surface area contributed by atoms with Crippen LogP contribution in [-0.2, 0) is 0 Å². The summed E-state index contributed by atoms with van der Waals surface area (Å²) in [4.78, 5) is 8.67. The van der Waals surface area contributed by atoms with Gasteiger partial charge in [0.2, 0.25) is 5.82 Å². The molecule has 100 valence electrons. The van der Waals surface area contributed by atoms with Crippen LogP contribution >= 0.6 is 11.6 Å². The smallest absolute Gasteiger partial charge is 0.258 e. The fourth-order valence-electron chi connectivity index (χ4n) is 1.77. The van der Waals surface area contributed by atoms with E-state index in [0.29, 0.717) is 28.1 Å². The van der Waals surface area contributed by atoms with Gasteiger partial charge in [-0.15, -0.1) is 0 Å². The summed E-state index contributed by atoms with van der Waals surface area (Å²) in [6.45, 7) is 1.91. The van der Waals surface area contributed by atoms with E-state index in [9.17, 15) is 0 Å². The number of benzene rings is 1. The minimum absolute atomic E-state index is 0.380. The highest BCUT2D eigenvalue weighted by molar-refractivity contribution is 6.33. The van der Waals surface area contributed by atoms with Crippen LogP contribution in [0.15, 0.2) is 40.9 Å². The Bertz CT molecular complexity index is 769. The maximum atomic E-state index is 5.98. The summed E-state index contributed by atoms with van der Waals surface area (Å²) in [5.74, 6) is 0.821. The van der Waals surface area contributed by atoms with E-state index in [1.807, 2.05) is 25.1 Å². The Balaban J connectivity index is 1.99. The molecular weight excluding hydrogens is 276 g/mol. The lowest BCUT2D eigenvalue weighted by atomic mass is 10.2. The topological polar surface area (TPSA) is 77.8 Å². The Labute approximate surface area is 120 Å². The monoisotopic (exact) mass is 286 g/mol. The highest BCUT2D eigenvalue weighted by Crippen LogP contribution is 2.27. The summed E-state index contributed by atoms with van der Waals surface area (Å²) < 4.78 is 5.24. The van der Waals surface area contributed by atoms with Crippen molar-refractivity contribution >= 4 is 17.3 Å². The van der Waals surface area contributed by atoms with Gasteiger partial charge in [0.1, 0.15) is 5.69 Å². The van der Waals surface area contributed by atoms with Gasteiger partial charge in [-0.1, -0.05) is 22.8 Å². The molecule has 5 nitrogen and oxygen atoms in total. The van der Waals surface area contributed by atoms with E-state index in [0.717, 1.165) is 11.3 Å². The lowest BCUT2D eigenvalue weighted by molar-refractivity contribution is 0.432.